The molecule has 0 aliphatic carbocycles. The number of hydrogen-bond donors (Lipinski definition) is 0. The van der Waals surface area contributed by atoms with Crippen molar-refractivity contribution in [2.75, 3.05) is 27.4 Å². The molecule has 17 heavy (non-hydrogen) atoms. The minimum Gasteiger partial charge on any atom is -0.493 e. The summed E-state index contributed by atoms with van der Waals surface area (Å²) in [6, 6.07) is 5.38. The molecule has 1 heterocycles. The molecule has 1 aromatic rings. The van der Waals surface area contributed by atoms with E-state index in [0.717, 1.165) is 17.7 Å². The van der Waals surface area contributed by atoms with Gasteiger partial charge in [-0.1, -0.05) is 0 Å². The first kappa shape index (κ1) is 11.9. The summed E-state index contributed by atoms with van der Waals surface area (Å²) in [5, 5.41) is 0. The van der Waals surface area contributed by atoms with Gasteiger partial charge in [0.05, 0.1) is 25.9 Å². The van der Waals surface area contributed by atoms with E-state index >= 15 is 0 Å². The van der Waals surface area contributed by atoms with E-state index in [1.165, 1.54) is 7.11 Å². The van der Waals surface area contributed by atoms with Crippen molar-refractivity contribution >= 4 is 5.97 Å². The molecule has 1 aromatic carbocycles. The molecule has 4 nitrogen and oxygen atoms in total. The molecule has 0 N–H and O–H groups in total. The van der Waals surface area contributed by atoms with E-state index in [0.29, 0.717) is 24.7 Å². The molecule has 0 radical (unpaired) electrons. The maximum Gasteiger partial charge on any atom is 0.337 e. The van der Waals surface area contributed by atoms with Gasteiger partial charge in [0.25, 0.3) is 0 Å². The van der Waals surface area contributed by atoms with Gasteiger partial charge in [-0.2, -0.15) is 0 Å². The number of carbonyl (C=O) groups excluding carboxylic acids is 1. The highest BCUT2D eigenvalue weighted by Crippen LogP contribution is 2.28. The molecule has 1 unspecified atom stereocenters. The fourth-order valence-corrected chi connectivity index (χ4v) is 2.04. The SMILES string of the molecule is COCC1COc2ccc(C(=O)OC)cc2C1. The van der Waals surface area contributed by atoms with Gasteiger partial charge in [0.2, 0.25) is 0 Å². The van der Waals surface area contributed by atoms with Crippen molar-refractivity contribution < 1.29 is 19.0 Å². The van der Waals surface area contributed by atoms with E-state index in [2.05, 4.69) is 0 Å². The molecule has 1 aliphatic rings. The number of ether oxygens (including phenoxy) is 3. The van der Waals surface area contributed by atoms with Gasteiger partial charge in [0.1, 0.15) is 5.75 Å². The van der Waals surface area contributed by atoms with Gasteiger partial charge in [-0.05, 0) is 30.2 Å². The maximum atomic E-state index is 11.4. The molecular weight excluding hydrogens is 220 g/mol. The van der Waals surface area contributed by atoms with Crippen LogP contribution in [0.15, 0.2) is 18.2 Å². The molecule has 2 rings (SSSR count). The normalized spacial score (nSPS) is 18.1. The van der Waals surface area contributed by atoms with Crippen LogP contribution < -0.4 is 4.74 Å². The second-order valence-corrected chi connectivity index (χ2v) is 4.15. The van der Waals surface area contributed by atoms with Crippen LogP contribution in [0.1, 0.15) is 15.9 Å². The van der Waals surface area contributed by atoms with Gasteiger partial charge < -0.3 is 14.2 Å². The minimum atomic E-state index is -0.318. The monoisotopic (exact) mass is 236 g/mol. The lowest BCUT2D eigenvalue weighted by Crippen LogP contribution is -2.24. The number of fused-ring (bicyclic) bond motifs is 1. The van der Waals surface area contributed by atoms with Crippen molar-refractivity contribution in [3.05, 3.63) is 29.3 Å². The van der Waals surface area contributed by atoms with E-state index in [1.54, 1.807) is 13.2 Å². The second kappa shape index (κ2) is 5.19. The molecule has 4 heteroatoms. The lowest BCUT2D eigenvalue weighted by atomic mass is 9.96. The van der Waals surface area contributed by atoms with Crippen molar-refractivity contribution in [2.24, 2.45) is 5.92 Å². The Bertz CT molecular complexity index is 414. The summed E-state index contributed by atoms with van der Waals surface area (Å²) in [7, 11) is 3.06. The number of esters is 1. The summed E-state index contributed by atoms with van der Waals surface area (Å²) in [5.74, 6) is 0.882. The molecule has 1 atom stereocenters. The van der Waals surface area contributed by atoms with E-state index in [-0.39, 0.29) is 5.97 Å². The van der Waals surface area contributed by atoms with Crippen LogP contribution in [0.5, 0.6) is 5.75 Å². The Labute approximate surface area is 100 Å². The van der Waals surface area contributed by atoms with E-state index < -0.39 is 0 Å². The minimum absolute atomic E-state index is 0.318. The lowest BCUT2D eigenvalue weighted by molar-refractivity contribution is 0.0600. The number of carbonyl (C=O) groups is 1. The molecule has 0 saturated carbocycles. The molecule has 0 aromatic heterocycles. The van der Waals surface area contributed by atoms with Crippen molar-refractivity contribution in [1.82, 2.24) is 0 Å². The molecule has 1 aliphatic heterocycles. The highest BCUT2D eigenvalue weighted by Gasteiger charge is 2.21. The van der Waals surface area contributed by atoms with Gasteiger partial charge in [-0.15, -0.1) is 0 Å². The molecule has 0 bridgehead atoms. The third-order valence-corrected chi connectivity index (χ3v) is 2.87. The van der Waals surface area contributed by atoms with Gasteiger partial charge in [-0.3, -0.25) is 0 Å². The number of rotatable bonds is 3. The van der Waals surface area contributed by atoms with Crippen LogP contribution in [0.3, 0.4) is 0 Å². The Morgan fingerprint density at radius 1 is 1.47 bits per heavy atom. The van der Waals surface area contributed by atoms with Crippen molar-refractivity contribution in [1.29, 1.82) is 0 Å². The van der Waals surface area contributed by atoms with E-state index in [1.807, 2.05) is 12.1 Å². The second-order valence-electron chi connectivity index (χ2n) is 4.15. The quantitative estimate of drug-likeness (QED) is 0.749. The van der Waals surface area contributed by atoms with Crippen molar-refractivity contribution in [3.8, 4) is 5.75 Å². The number of benzene rings is 1. The van der Waals surface area contributed by atoms with Crippen molar-refractivity contribution in [2.45, 2.75) is 6.42 Å². The van der Waals surface area contributed by atoms with E-state index in [9.17, 15) is 4.79 Å². The van der Waals surface area contributed by atoms with Crippen molar-refractivity contribution in [3.63, 3.8) is 0 Å². The molecule has 0 saturated heterocycles. The fraction of sp³-hybridized carbons (Fsp3) is 0.462. The summed E-state index contributed by atoms with van der Waals surface area (Å²) in [6.07, 6.45) is 0.869. The highest BCUT2D eigenvalue weighted by atomic mass is 16.5. The third-order valence-electron chi connectivity index (χ3n) is 2.87. The summed E-state index contributed by atoms with van der Waals surface area (Å²) in [6.45, 7) is 1.33. The average molecular weight is 236 g/mol. The van der Waals surface area contributed by atoms with Crippen LogP contribution in [0, 0.1) is 5.92 Å². The third kappa shape index (κ3) is 2.58. The summed E-state index contributed by atoms with van der Waals surface area (Å²) in [4.78, 5) is 11.4. The standard InChI is InChI=1S/C13H16O4/c1-15-7-9-5-11-6-10(13(14)16-2)3-4-12(11)17-8-9/h3-4,6,9H,5,7-8H2,1-2H3. The molecule has 0 fully saturated rings. The van der Waals surface area contributed by atoms with Gasteiger partial charge in [0, 0.05) is 13.0 Å². The van der Waals surface area contributed by atoms with E-state index in [4.69, 9.17) is 14.2 Å². The van der Waals surface area contributed by atoms with Crippen LogP contribution in [-0.2, 0) is 15.9 Å². The summed E-state index contributed by atoms with van der Waals surface area (Å²) in [5.41, 5.74) is 1.61. The number of hydrogen-bond acceptors (Lipinski definition) is 4. The zero-order chi connectivity index (χ0) is 12.3. The fourth-order valence-electron chi connectivity index (χ4n) is 2.04. The Morgan fingerprint density at radius 2 is 2.29 bits per heavy atom. The zero-order valence-corrected chi connectivity index (χ0v) is 10.1. The molecule has 92 valence electrons. The summed E-state index contributed by atoms with van der Waals surface area (Å²) >= 11 is 0. The van der Waals surface area contributed by atoms with Gasteiger partial charge in [0.15, 0.2) is 0 Å². The van der Waals surface area contributed by atoms with Crippen LogP contribution in [-0.4, -0.2) is 33.4 Å². The highest BCUT2D eigenvalue weighted by molar-refractivity contribution is 5.89. The topological polar surface area (TPSA) is 44.8 Å². The predicted octanol–water partition coefficient (Wildman–Crippen LogP) is 1.67. The molecular formula is C13H16O4. The first-order valence-corrected chi connectivity index (χ1v) is 5.57. The zero-order valence-electron chi connectivity index (χ0n) is 10.1. The molecule has 0 spiro atoms. The summed E-state index contributed by atoms with van der Waals surface area (Å²) < 4.78 is 15.4. The number of methoxy groups -OCH3 is 2. The molecule has 0 amide bonds. The maximum absolute atomic E-state index is 11.4. The lowest BCUT2D eigenvalue weighted by Gasteiger charge is -2.25. The van der Waals surface area contributed by atoms with Crippen LogP contribution in [0.2, 0.25) is 0 Å². The van der Waals surface area contributed by atoms with Gasteiger partial charge >= 0.3 is 5.97 Å². The average Bonchev–Trinajstić information content (AvgIpc) is 2.37. The predicted molar refractivity (Wildman–Crippen MR) is 62.3 cm³/mol. The smallest absolute Gasteiger partial charge is 0.337 e. The Hall–Kier alpha value is -1.55. The first-order valence-electron chi connectivity index (χ1n) is 5.57. The van der Waals surface area contributed by atoms with Crippen LogP contribution in [0.25, 0.3) is 0 Å². The first-order chi connectivity index (χ1) is 8.24. The Balaban J connectivity index is 2.20. The largest absolute Gasteiger partial charge is 0.493 e. The van der Waals surface area contributed by atoms with Crippen LogP contribution in [0.4, 0.5) is 0 Å². The van der Waals surface area contributed by atoms with Gasteiger partial charge in [-0.25, -0.2) is 4.79 Å². The van der Waals surface area contributed by atoms with Crippen LogP contribution >= 0.6 is 0 Å². The Kier molecular flexibility index (Phi) is 3.64. The Morgan fingerprint density at radius 3 is 3.00 bits per heavy atom.